The molecule has 1 aromatic carbocycles. The van der Waals surface area contributed by atoms with Gasteiger partial charge < -0.3 is 10.1 Å². The third kappa shape index (κ3) is 3.62. The van der Waals surface area contributed by atoms with Crippen LogP contribution in [0, 0.1) is 0 Å². The van der Waals surface area contributed by atoms with Gasteiger partial charge in [-0.1, -0.05) is 29.3 Å². The Hall–Kier alpha value is -0.250. The van der Waals surface area contributed by atoms with E-state index in [1.165, 1.54) is 11.1 Å². The largest absolute Gasteiger partial charge is 0.493 e. The topological polar surface area (TPSA) is 21.3 Å². The minimum absolute atomic E-state index is 0.219. The van der Waals surface area contributed by atoms with Crippen molar-refractivity contribution >= 4 is 27.5 Å². The molecule has 2 nitrogen and oxygen atoms in total. The van der Waals surface area contributed by atoms with Gasteiger partial charge in [0.25, 0.3) is 0 Å². The van der Waals surface area contributed by atoms with Crippen molar-refractivity contribution in [3.63, 3.8) is 0 Å². The van der Waals surface area contributed by atoms with Crippen LogP contribution in [0.1, 0.15) is 30.9 Å². The van der Waals surface area contributed by atoms with Gasteiger partial charge in [0.15, 0.2) is 0 Å². The number of nitrogens with one attached hydrogen (secondary N) is 1. The standard InChI is InChI=1S/C14H19BrClNO/c1-2-3-13(16)9-17-8-11-7-12(15)6-10-4-5-18-14(10)11/h6-7,13,17H,2-5,8-9H2,1H3. The van der Waals surface area contributed by atoms with Gasteiger partial charge in [-0.2, -0.15) is 0 Å². The van der Waals surface area contributed by atoms with Crippen LogP contribution in [0.4, 0.5) is 0 Å². The monoisotopic (exact) mass is 331 g/mol. The summed E-state index contributed by atoms with van der Waals surface area (Å²) in [5, 5.41) is 3.63. The van der Waals surface area contributed by atoms with Crippen molar-refractivity contribution in [2.45, 2.75) is 38.1 Å². The van der Waals surface area contributed by atoms with E-state index in [0.29, 0.717) is 0 Å². The average Bonchev–Trinajstić information content (AvgIpc) is 2.77. The molecule has 1 aromatic rings. The molecule has 0 aliphatic carbocycles. The highest BCUT2D eigenvalue weighted by atomic mass is 79.9. The zero-order valence-electron chi connectivity index (χ0n) is 10.6. The third-order valence-corrected chi connectivity index (χ3v) is 3.94. The van der Waals surface area contributed by atoms with Crippen LogP contribution >= 0.6 is 27.5 Å². The molecule has 0 amide bonds. The molecule has 4 heteroatoms. The van der Waals surface area contributed by atoms with Gasteiger partial charge in [-0.15, -0.1) is 11.6 Å². The lowest BCUT2D eigenvalue weighted by atomic mass is 10.1. The quantitative estimate of drug-likeness (QED) is 0.798. The predicted molar refractivity (Wildman–Crippen MR) is 79.6 cm³/mol. The van der Waals surface area contributed by atoms with Gasteiger partial charge >= 0.3 is 0 Å². The zero-order valence-corrected chi connectivity index (χ0v) is 13.0. The first-order valence-corrected chi connectivity index (χ1v) is 7.72. The first kappa shape index (κ1) is 14.2. The Morgan fingerprint density at radius 3 is 3.11 bits per heavy atom. The van der Waals surface area contributed by atoms with Crippen LogP contribution in [0.5, 0.6) is 5.75 Å². The number of benzene rings is 1. The van der Waals surface area contributed by atoms with E-state index in [0.717, 1.165) is 49.2 Å². The molecule has 1 unspecified atom stereocenters. The number of hydrogen-bond acceptors (Lipinski definition) is 2. The van der Waals surface area contributed by atoms with E-state index < -0.39 is 0 Å². The van der Waals surface area contributed by atoms with E-state index in [1.54, 1.807) is 0 Å². The SMILES string of the molecule is CCCC(Cl)CNCc1cc(Br)cc2c1OCC2. The zero-order chi connectivity index (χ0) is 13.0. The lowest BCUT2D eigenvalue weighted by molar-refractivity contribution is 0.352. The second-order valence-electron chi connectivity index (χ2n) is 4.67. The fourth-order valence-electron chi connectivity index (χ4n) is 2.26. The molecular weight excluding hydrogens is 314 g/mol. The van der Waals surface area contributed by atoms with Crippen molar-refractivity contribution in [2.24, 2.45) is 0 Å². The summed E-state index contributed by atoms with van der Waals surface area (Å²) in [6.45, 7) is 4.61. The lowest BCUT2D eigenvalue weighted by Gasteiger charge is -2.12. The van der Waals surface area contributed by atoms with Crippen molar-refractivity contribution in [1.29, 1.82) is 0 Å². The first-order chi connectivity index (χ1) is 8.70. The highest BCUT2D eigenvalue weighted by molar-refractivity contribution is 9.10. The van der Waals surface area contributed by atoms with Gasteiger partial charge in [0, 0.05) is 34.9 Å². The number of hydrogen-bond donors (Lipinski definition) is 1. The smallest absolute Gasteiger partial charge is 0.127 e. The van der Waals surface area contributed by atoms with Crippen molar-refractivity contribution in [1.82, 2.24) is 5.32 Å². The summed E-state index contributed by atoms with van der Waals surface area (Å²) in [7, 11) is 0. The number of alkyl halides is 1. The molecule has 1 atom stereocenters. The number of rotatable bonds is 6. The van der Waals surface area contributed by atoms with Crippen LogP contribution in [-0.4, -0.2) is 18.5 Å². The molecule has 100 valence electrons. The molecule has 0 aromatic heterocycles. The van der Waals surface area contributed by atoms with E-state index in [-0.39, 0.29) is 5.38 Å². The highest BCUT2D eigenvalue weighted by Gasteiger charge is 2.17. The molecular formula is C14H19BrClNO. The number of fused-ring (bicyclic) bond motifs is 1. The lowest BCUT2D eigenvalue weighted by Crippen LogP contribution is -2.23. The highest BCUT2D eigenvalue weighted by Crippen LogP contribution is 2.32. The summed E-state index contributed by atoms with van der Waals surface area (Å²) in [5.74, 6) is 1.06. The maximum Gasteiger partial charge on any atom is 0.127 e. The van der Waals surface area contributed by atoms with Gasteiger partial charge in [-0.25, -0.2) is 0 Å². The van der Waals surface area contributed by atoms with Gasteiger partial charge in [-0.05, 0) is 24.1 Å². The van der Waals surface area contributed by atoms with E-state index in [4.69, 9.17) is 16.3 Å². The summed E-state index contributed by atoms with van der Waals surface area (Å²) in [6.07, 6.45) is 3.20. The Morgan fingerprint density at radius 2 is 2.33 bits per heavy atom. The fraction of sp³-hybridized carbons (Fsp3) is 0.571. The van der Waals surface area contributed by atoms with Crippen LogP contribution in [0.25, 0.3) is 0 Å². The molecule has 0 spiro atoms. The van der Waals surface area contributed by atoms with Crippen LogP contribution in [-0.2, 0) is 13.0 Å². The normalized spacial score (nSPS) is 15.3. The Morgan fingerprint density at radius 1 is 1.50 bits per heavy atom. The van der Waals surface area contributed by atoms with Gasteiger partial charge in [0.2, 0.25) is 0 Å². The maximum atomic E-state index is 6.19. The minimum atomic E-state index is 0.219. The second kappa shape index (κ2) is 6.78. The van der Waals surface area contributed by atoms with Gasteiger partial charge in [-0.3, -0.25) is 0 Å². The molecule has 2 rings (SSSR count). The van der Waals surface area contributed by atoms with E-state index in [9.17, 15) is 0 Å². The molecule has 0 bridgehead atoms. The molecule has 0 radical (unpaired) electrons. The Labute approximate surface area is 122 Å². The third-order valence-electron chi connectivity index (χ3n) is 3.11. The van der Waals surface area contributed by atoms with Crippen LogP contribution in [0.2, 0.25) is 0 Å². The van der Waals surface area contributed by atoms with Gasteiger partial charge in [0.1, 0.15) is 5.75 Å². The van der Waals surface area contributed by atoms with E-state index in [2.05, 4.69) is 40.3 Å². The second-order valence-corrected chi connectivity index (χ2v) is 6.20. The summed E-state index contributed by atoms with van der Waals surface area (Å²) in [5.41, 5.74) is 2.52. The predicted octanol–water partition coefficient (Wildman–Crippen LogP) is 3.88. The molecule has 0 saturated carbocycles. The van der Waals surface area contributed by atoms with Crippen molar-refractivity contribution in [3.05, 3.63) is 27.7 Å². The van der Waals surface area contributed by atoms with Crippen LogP contribution in [0.15, 0.2) is 16.6 Å². The van der Waals surface area contributed by atoms with Gasteiger partial charge in [0.05, 0.1) is 6.61 Å². The molecule has 1 N–H and O–H groups in total. The van der Waals surface area contributed by atoms with Crippen molar-refractivity contribution in [2.75, 3.05) is 13.2 Å². The number of ether oxygens (including phenoxy) is 1. The van der Waals surface area contributed by atoms with Crippen molar-refractivity contribution in [3.8, 4) is 5.75 Å². The molecule has 1 aliphatic rings. The fourth-order valence-corrected chi connectivity index (χ4v) is 3.14. The molecule has 18 heavy (non-hydrogen) atoms. The van der Waals surface area contributed by atoms with E-state index >= 15 is 0 Å². The van der Waals surface area contributed by atoms with Crippen LogP contribution in [0.3, 0.4) is 0 Å². The summed E-state index contributed by atoms with van der Waals surface area (Å²) < 4.78 is 6.82. The Bertz CT molecular complexity index is 411. The molecule has 1 heterocycles. The summed E-state index contributed by atoms with van der Waals surface area (Å²) >= 11 is 9.74. The Kier molecular flexibility index (Phi) is 5.34. The summed E-state index contributed by atoms with van der Waals surface area (Å²) in [6, 6.07) is 4.27. The first-order valence-electron chi connectivity index (χ1n) is 6.49. The minimum Gasteiger partial charge on any atom is -0.493 e. The maximum absolute atomic E-state index is 6.19. The molecule has 0 saturated heterocycles. The number of halogens is 2. The van der Waals surface area contributed by atoms with Crippen LogP contribution < -0.4 is 10.1 Å². The van der Waals surface area contributed by atoms with E-state index in [1.807, 2.05) is 0 Å². The Balaban J connectivity index is 1.93. The molecule has 0 fully saturated rings. The molecule has 1 aliphatic heterocycles. The average molecular weight is 333 g/mol. The summed E-state index contributed by atoms with van der Waals surface area (Å²) in [4.78, 5) is 0. The van der Waals surface area contributed by atoms with Crippen molar-refractivity contribution < 1.29 is 4.74 Å².